The standard InChI is InChI=1S/C21H30N2OS/c1-24-17-7-8-21-18(13-17)20(15-25-21)19(16-5-3-2-4-6-16)14-23-11-9-22-10-12-23/h7-8,13,15-16,19,22H,2-6,9-12,14H2,1H3. The molecule has 1 aromatic heterocycles. The van der Waals surface area contributed by atoms with Crippen molar-refractivity contribution in [1.29, 1.82) is 0 Å². The number of nitrogens with one attached hydrogen (secondary N) is 1. The molecule has 2 aromatic rings. The average Bonchev–Trinajstić information content (AvgIpc) is 3.10. The van der Waals surface area contributed by atoms with E-state index in [4.69, 9.17) is 4.74 Å². The van der Waals surface area contributed by atoms with Gasteiger partial charge in [-0.25, -0.2) is 0 Å². The summed E-state index contributed by atoms with van der Waals surface area (Å²) in [6.45, 7) is 5.86. The normalized spacial score (nSPS) is 21.5. The number of fused-ring (bicyclic) bond motifs is 1. The van der Waals surface area contributed by atoms with E-state index in [1.807, 2.05) is 11.3 Å². The average molecular weight is 359 g/mol. The van der Waals surface area contributed by atoms with Crippen LogP contribution in [-0.4, -0.2) is 44.7 Å². The summed E-state index contributed by atoms with van der Waals surface area (Å²) >= 11 is 1.90. The van der Waals surface area contributed by atoms with Crippen LogP contribution in [0, 0.1) is 5.92 Å². The maximum Gasteiger partial charge on any atom is 0.119 e. The molecular formula is C21H30N2OS. The molecule has 1 unspecified atom stereocenters. The minimum atomic E-state index is 0.666. The molecule has 2 aliphatic rings. The van der Waals surface area contributed by atoms with Crippen molar-refractivity contribution in [1.82, 2.24) is 10.2 Å². The highest BCUT2D eigenvalue weighted by atomic mass is 32.1. The Hall–Kier alpha value is -1.10. The summed E-state index contributed by atoms with van der Waals surface area (Å²) in [5.41, 5.74) is 1.57. The first-order valence-corrected chi connectivity index (χ1v) is 10.7. The summed E-state index contributed by atoms with van der Waals surface area (Å²) in [4.78, 5) is 2.68. The molecule has 0 amide bonds. The van der Waals surface area contributed by atoms with Gasteiger partial charge in [0.2, 0.25) is 0 Å². The van der Waals surface area contributed by atoms with Crippen LogP contribution in [0.15, 0.2) is 23.6 Å². The third-order valence-corrected chi connectivity index (χ3v) is 7.08. The fourth-order valence-electron chi connectivity index (χ4n) is 4.65. The van der Waals surface area contributed by atoms with Crippen molar-refractivity contribution in [3.63, 3.8) is 0 Å². The van der Waals surface area contributed by atoms with E-state index in [0.717, 1.165) is 24.8 Å². The topological polar surface area (TPSA) is 24.5 Å². The van der Waals surface area contributed by atoms with Crippen molar-refractivity contribution < 1.29 is 4.74 Å². The maximum absolute atomic E-state index is 5.51. The molecule has 2 fully saturated rings. The highest BCUT2D eigenvalue weighted by molar-refractivity contribution is 7.17. The quantitative estimate of drug-likeness (QED) is 0.853. The van der Waals surface area contributed by atoms with Gasteiger partial charge in [0.05, 0.1) is 7.11 Å². The minimum absolute atomic E-state index is 0.666. The summed E-state index contributed by atoms with van der Waals surface area (Å²) in [5, 5.41) is 7.35. The molecule has 136 valence electrons. The second-order valence-corrected chi connectivity index (χ2v) is 8.52. The molecule has 25 heavy (non-hydrogen) atoms. The van der Waals surface area contributed by atoms with E-state index >= 15 is 0 Å². The van der Waals surface area contributed by atoms with Gasteiger partial charge < -0.3 is 15.0 Å². The van der Waals surface area contributed by atoms with Gasteiger partial charge in [-0.2, -0.15) is 0 Å². The third-order valence-electron chi connectivity index (χ3n) is 6.09. The lowest BCUT2D eigenvalue weighted by atomic mass is 9.76. The highest BCUT2D eigenvalue weighted by Crippen LogP contribution is 2.42. The van der Waals surface area contributed by atoms with Crippen molar-refractivity contribution >= 4 is 21.4 Å². The van der Waals surface area contributed by atoms with Gasteiger partial charge in [-0.15, -0.1) is 11.3 Å². The van der Waals surface area contributed by atoms with Crippen LogP contribution in [0.4, 0.5) is 0 Å². The molecule has 0 spiro atoms. The Morgan fingerprint density at radius 1 is 1.20 bits per heavy atom. The van der Waals surface area contributed by atoms with Gasteiger partial charge >= 0.3 is 0 Å². The number of nitrogens with zero attached hydrogens (tertiary/aromatic N) is 1. The van der Waals surface area contributed by atoms with Crippen LogP contribution in [0.1, 0.15) is 43.6 Å². The molecule has 2 heterocycles. The number of methoxy groups -OCH3 is 1. The maximum atomic E-state index is 5.51. The van der Waals surface area contributed by atoms with E-state index in [1.54, 1.807) is 12.7 Å². The van der Waals surface area contributed by atoms with Crippen molar-refractivity contribution in [2.24, 2.45) is 5.92 Å². The van der Waals surface area contributed by atoms with E-state index in [-0.39, 0.29) is 0 Å². The van der Waals surface area contributed by atoms with Gasteiger partial charge in [-0.1, -0.05) is 19.3 Å². The first-order valence-electron chi connectivity index (χ1n) is 9.83. The SMILES string of the molecule is COc1ccc2scc(C(CN3CCNCC3)C3CCCCC3)c2c1. The molecule has 1 saturated heterocycles. The van der Waals surface area contributed by atoms with E-state index in [2.05, 4.69) is 33.8 Å². The van der Waals surface area contributed by atoms with Crippen LogP contribution < -0.4 is 10.1 Å². The number of benzene rings is 1. The zero-order valence-corrected chi connectivity index (χ0v) is 16.1. The molecule has 1 atom stereocenters. The van der Waals surface area contributed by atoms with Crippen molar-refractivity contribution in [2.45, 2.75) is 38.0 Å². The summed E-state index contributed by atoms with van der Waals surface area (Å²) in [6.07, 6.45) is 7.05. The highest BCUT2D eigenvalue weighted by Gasteiger charge is 2.29. The minimum Gasteiger partial charge on any atom is -0.497 e. The fraction of sp³-hybridized carbons (Fsp3) is 0.619. The van der Waals surface area contributed by atoms with Gasteiger partial charge in [0.25, 0.3) is 0 Å². The van der Waals surface area contributed by atoms with Crippen LogP contribution in [0.5, 0.6) is 5.75 Å². The van der Waals surface area contributed by atoms with Crippen molar-refractivity contribution in [3.05, 3.63) is 29.1 Å². The van der Waals surface area contributed by atoms with Crippen molar-refractivity contribution in [3.8, 4) is 5.75 Å². The first kappa shape index (κ1) is 17.3. The third kappa shape index (κ3) is 3.86. The van der Waals surface area contributed by atoms with E-state index in [0.29, 0.717) is 5.92 Å². The molecule has 3 nitrogen and oxygen atoms in total. The van der Waals surface area contributed by atoms with Crippen LogP contribution in [0.25, 0.3) is 10.1 Å². The smallest absolute Gasteiger partial charge is 0.119 e. The zero-order valence-electron chi connectivity index (χ0n) is 15.3. The molecule has 1 N–H and O–H groups in total. The molecule has 0 bridgehead atoms. The second kappa shape index (κ2) is 8.07. The Kier molecular flexibility index (Phi) is 5.59. The Bertz CT molecular complexity index is 686. The molecular weight excluding hydrogens is 328 g/mol. The lowest BCUT2D eigenvalue weighted by Crippen LogP contribution is -2.45. The van der Waals surface area contributed by atoms with E-state index < -0.39 is 0 Å². The summed E-state index contributed by atoms with van der Waals surface area (Å²) in [6, 6.07) is 6.58. The van der Waals surface area contributed by atoms with Crippen LogP contribution in [-0.2, 0) is 0 Å². The molecule has 4 rings (SSSR count). The fourth-order valence-corrected chi connectivity index (χ4v) is 5.66. The van der Waals surface area contributed by atoms with Gasteiger partial charge in [-0.3, -0.25) is 0 Å². The summed E-state index contributed by atoms with van der Waals surface area (Å²) < 4.78 is 6.91. The Morgan fingerprint density at radius 2 is 2.00 bits per heavy atom. The Morgan fingerprint density at radius 3 is 2.76 bits per heavy atom. The molecule has 1 aliphatic carbocycles. The van der Waals surface area contributed by atoms with Crippen molar-refractivity contribution in [2.75, 3.05) is 39.8 Å². The Labute approximate surface area is 155 Å². The number of ether oxygens (including phenoxy) is 1. The zero-order chi connectivity index (χ0) is 17.1. The van der Waals surface area contributed by atoms with Crippen LogP contribution >= 0.6 is 11.3 Å². The molecule has 1 aromatic carbocycles. The number of piperazine rings is 1. The largest absolute Gasteiger partial charge is 0.497 e. The summed E-state index contributed by atoms with van der Waals surface area (Å²) in [5.74, 6) is 2.49. The lowest BCUT2D eigenvalue weighted by Gasteiger charge is -2.36. The van der Waals surface area contributed by atoms with Crippen LogP contribution in [0.3, 0.4) is 0 Å². The molecule has 1 saturated carbocycles. The first-order chi connectivity index (χ1) is 12.3. The molecule has 0 radical (unpaired) electrons. The van der Waals surface area contributed by atoms with Gasteiger partial charge in [0.15, 0.2) is 0 Å². The second-order valence-electron chi connectivity index (χ2n) is 7.61. The lowest BCUT2D eigenvalue weighted by molar-refractivity contribution is 0.188. The number of thiophene rings is 1. The molecule has 4 heteroatoms. The number of hydrogen-bond donors (Lipinski definition) is 1. The monoisotopic (exact) mass is 358 g/mol. The summed E-state index contributed by atoms with van der Waals surface area (Å²) in [7, 11) is 1.77. The van der Waals surface area contributed by atoms with Gasteiger partial charge in [0.1, 0.15) is 5.75 Å². The van der Waals surface area contributed by atoms with Gasteiger partial charge in [0, 0.05) is 43.3 Å². The molecule has 1 aliphatic heterocycles. The predicted molar refractivity (Wildman–Crippen MR) is 107 cm³/mol. The Balaban J connectivity index is 1.66. The van der Waals surface area contributed by atoms with Crippen LogP contribution in [0.2, 0.25) is 0 Å². The van der Waals surface area contributed by atoms with E-state index in [9.17, 15) is 0 Å². The van der Waals surface area contributed by atoms with E-state index in [1.165, 1.54) is 61.8 Å². The number of rotatable bonds is 5. The van der Waals surface area contributed by atoms with Gasteiger partial charge in [-0.05, 0) is 53.3 Å². The predicted octanol–water partition coefficient (Wildman–Crippen LogP) is 4.48. The number of hydrogen-bond acceptors (Lipinski definition) is 4.